The summed E-state index contributed by atoms with van der Waals surface area (Å²) >= 11 is 0. The van der Waals surface area contributed by atoms with Gasteiger partial charge in [-0.3, -0.25) is 9.48 Å². The number of aryl methyl sites for hydroxylation is 1. The summed E-state index contributed by atoms with van der Waals surface area (Å²) in [5.41, 5.74) is 0.225. The van der Waals surface area contributed by atoms with Gasteiger partial charge in [-0.25, -0.2) is 4.79 Å². The van der Waals surface area contributed by atoms with Gasteiger partial charge in [0.05, 0.1) is 5.52 Å². The van der Waals surface area contributed by atoms with Crippen LogP contribution >= 0.6 is 0 Å². The van der Waals surface area contributed by atoms with Crippen molar-refractivity contribution < 1.29 is 9.53 Å². The first-order chi connectivity index (χ1) is 11.5. The van der Waals surface area contributed by atoms with Crippen molar-refractivity contribution in [1.29, 1.82) is 0 Å². The molecule has 1 aromatic carbocycles. The maximum atomic E-state index is 12.6. The number of para-hydroxylation sites is 1. The Morgan fingerprint density at radius 1 is 1.17 bits per heavy atom. The van der Waals surface area contributed by atoms with E-state index >= 15 is 0 Å². The van der Waals surface area contributed by atoms with Crippen LogP contribution in [0.2, 0.25) is 0 Å². The molecule has 0 amide bonds. The summed E-state index contributed by atoms with van der Waals surface area (Å²) in [6.07, 6.45) is 3.87. The van der Waals surface area contributed by atoms with Gasteiger partial charge in [0.1, 0.15) is 6.10 Å². The number of esters is 1. The molecule has 1 aromatic heterocycles. The fraction of sp³-hybridized carbons (Fsp3) is 0.500. The molecule has 0 spiro atoms. The Balaban J connectivity index is 1.60. The van der Waals surface area contributed by atoms with E-state index in [-0.39, 0.29) is 17.2 Å². The van der Waals surface area contributed by atoms with E-state index in [1.165, 1.54) is 0 Å². The molecule has 2 atom stereocenters. The van der Waals surface area contributed by atoms with Crippen LogP contribution in [0.5, 0.6) is 0 Å². The largest absolute Gasteiger partial charge is 0.457 e. The topological polar surface area (TPSA) is 64.4 Å². The predicted octanol–water partition coefficient (Wildman–Crippen LogP) is 1.72. The zero-order valence-electron chi connectivity index (χ0n) is 13.9. The van der Waals surface area contributed by atoms with Gasteiger partial charge < -0.3 is 9.64 Å². The number of hydrogen-bond donors (Lipinski definition) is 0. The lowest BCUT2D eigenvalue weighted by molar-refractivity contribution is -0.00127. The van der Waals surface area contributed by atoms with Crippen molar-refractivity contribution in [2.45, 2.75) is 43.9 Å². The van der Waals surface area contributed by atoms with Crippen molar-refractivity contribution in [3.8, 4) is 0 Å². The molecule has 0 aliphatic carbocycles. The van der Waals surface area contributed by atoms with Crippen molar-refractivity contribution in [2.24, 2.45) is 7.05 Å². The molecule has 24 heavy (non-hydrogen) atoms. The van der Waals surface area contributed by atoms with Crippen LogP contribution in [0.3, 0.4) is 0 Å². The molecule has 126 valence electrons. The molecule has 2 bridgehead atoms. The number of aromatic nitrogens is 2. The Morgan fingerprint density at radius 2 is 1.83 bits per heavy atom. The van der Waals surface area contributed by atoms with Crippen LogP contribution in [-0.4, -0.2) is 45.9 Å². The summed E-state index contributed by atoms with van der Waals surface area (Å²) in [5.74, 6) is -0.602. The van der Waals surface area contributed by atoms with Crippen LogP contribution in [0.15, 0.2) is 29.1 Å². The Labute approximate surface area is 140 Å². The lowest BCUT2D eigenvalue weighted by Crippen LogP contribution is -2.43. The predicted molar refractivity (Wildman–Crippen MR) is 90.0 cm³/mol. The van der Waals surface area contributed by atoms with Gasteiger partial charge in [-0.15, -0.1) is 0 Å². The SMILES string of the molecule is CN1C2CCC1CC(OC(=O)c1nn(C)c3ccccc3c1=O)C2. The summed E-state index contributed by atoms with van der Waals surface area (Å²) in [7, 11) is 3.87. The first-order valence-corrected chi connectivity index (χ1v) is 8.43. The summed E-state index contributed by atoms with van der Waals surface area (Å²) in [4.78, 5) is 27.5. The van der Waals surface area contributed by atoms with Gasteiger partial charge in [0.25, 0.3) is 0 Å². The number of carbonyl (C=O) groups is 1. The minimum absolute atomic E-state index is 0.121. The minimum Gasteiger partial charge on any atom is -0.457 e. The number of fused-ring (bicyclic) bond motifs is 3. The second-order valence-electron chi connectivity index (χ2n) is 6.87. The van der Waals surface area contributed by atoms with E-state index in [1.54, 1.807) is 23.9 Å². The number of carbonyl (C=O) groups excluding carboxylic acids is 1. The standard InChI is InChI=1S/C18H21N3O3/c1-20-11-7-8-12(20)10-13(9-11)24-18(23)16-17(22)14-5-3-4-6-15(14)21(2)19-16/h3-6,11-13H,7-10H2,1-2H3. The zero-order chi connectivity index (χ0) is 16.8. The van der Waals surface area contributed by atoms with E-state index in [4.69, 9.17) is 4.74 Å². The van der Waals surface area contributed by atoms with E-state index < -0.39 is 5.97 Å². The monoisotopic (exact) mass is 327 g/mol. The molecular formula is C18H21N3O3. The van der Waals surface area contributed by atoms with Gasteiger partial charge in [-0.2, -0.15) is 5.10 Å². The molecule has 6 heteroatoms. The Hall–Kier alpha value is -2.21. The molecule has 4 rings (SSSR count). The quantitative estimate of drug-likeness (QED) is 0.786. The second-order valence-corrected chi connectivity index (χ2v) is 6.87. The second kappa shape index (κ2) is 5.70. The van der Waals surface area contributed by atoms with Crippen LogP contribution in [0.4, 0.5) is 0 Å². The highest BCUT2D eigenvalue weighted by Crippen LogP contribution is 2.35. The number of benzene rings is 1. The minimum atomic E-state index is -0.602. The summed E-state index contributed by atoms with van der Waals surface area (Å²) in [6, 6.07) is 8.12. The molecule has 3 heterocycles. The van der Waals surface area contributed by atoms with Crippen molar-refractivity contribution in [3.63, 3.8) is 0 Å². The van der Waals surface area contributed by atoms with E-state index in [9.17, 15) is 9.59 Å². The molecule has 0 radical (unpaired) electrons. The van der Waals surface area contributed by atoms with Crippen LogP contribution in [-0.2, 0) is 11.8 Å². The van der Waals surface area contributed by atoms with Crippen molar-refractivity contribution in [3.05, 3.63) is 40.2 Å². The van der Waals surface area contributed by atoms with Gasteiger partial charge in [0.2, 0.25) is 11.1 Å². The molecule has 0 saturated carbocycles. The van der Waals surface area contributed by atoms with Crippen LogP contribution in [0, 0.1) is 0 Å². The molecule has 2 saturated heterocycles. The average Bonchev–Trinajstić information content (AvgIpc) is 2.80. The molecule has 6 nitrogen and oxygen atoms in total. The van der Waals surface area contributed by atoms with E-state index in [0.29, 0.717) is 23.0 Å². The molecule has 0 N–H and O–H groups in total. The van der Waals surface area contributed by atoms with Gasteiger partial charge in [0, 0.05) is 37.4 Å². The van der Waals surface area contributed by atoms with Gasteiger partial charge in [0.15, 0.2) is 0 Å². The maximum absolute atomic E-state index is 12.6. The molecule has 2 aliphatic heterocycles. The third kappa shape index (κ3) is 2.41. The maximum Gasteiger partial charge on any atom is 0.363 e. The summed E-state index contributed by atoms with van der Waals surface area (Å²) in [5, 5.41) is 4.65. The van der Waals surface area contributed by atoms with Gasteiger partial charge >= 0.3 is 5.97 Å². The van der Waals surface area contributed by atoms with Crippen molar-refractivity contribution in [2.75, 3.05) is 7.05 Å². The molecule has 2 aliphatic rings. The number of rotatable bonds is 2. The summed E-state index contributed by atoms with van der Waals surface area (Å²) < 4.78 is 7.21. The zero-order valence-corrected chi connectivity index (χ0v) is 13.9. The third-order valence-electron chi connectivity index (χ3n) is 5.48. The fourth-order valence-corrected chi connectivity index (χ4v) is 4.12. The van der Waals surface area contributed by atoms with Gasteiger partial charge in [-0.1, -0.05) is 12.1 Å². The number of ether oxygens (including phenoxy) is 1. The normalized spacial score (nSPS) is 26.7. The van der Waals surface area contributed by atoms with E-state index in [1.807, 2.05) is 12.1 Å². The highest BCUT2D eigenvalue weighted by molar-refractivity contribution is 5.91. The molecule has 2 unspecified atom stereocenters. The highest BCUT2D eigenvalue weighted by Gasteiger charge is 2.40. The Morgan fingerprint density at radius 3 is 2.54 bits per heavy atom. The van der Waals surface area contributed by atoms with Crippen molar-refractivity contribution >= 4 is 16.9 Å². The van der Waals surface area contributed by atoms with Crippen LogP contribution in [0.1, 0.15) is 36.2 Å². The number of hydrogen-bond acceptors (Lipinski definition) is 5. The fourth-order valence-electron chi connectivity index (χ4n) is 4.12. The molecular weight excluding hydrogens is 306 g/mol. The van der Waals surface area contributed by atoms with Crippen LogP contribution < -0.4 is 5.43 Å². The lowest BCUT2D eigenvalue weighted by atomic mass is 10.0. The van der Waals surface area contributed by atoms with E-state index in [2.05, 4.69) is 17.0 Å². The third-order valence-corrected chi connectivity index (χ3v) is 5.48. The van der Waals surface area contributed by atoms with Gasteiger partial charge in [-0.05, 0) is 32.0 Å². The Bertz CT molecular complexity index is 846. The molecule has 2 fully saturated rings. The lowest BCUT2D eigenvalue weighted by Gasteiger charge is -2.35. The van der Waals surface area contributed by atoms with Crippen LogP contribution in [0.25, 0.3) is 10.9 Å². The number of piperidine rings is 1. The Kier molecular flexibility index (Phi) is 3.64. The average molecular weight is 327 g/mol. The number of nitrogens with zero attached hydrogens (tertiary/aromatic N) is 3. The highest BCUT2D eigenvalue weighted by atomic mass is 16.5. The smallest absolute Gasteiger partial charge is 0.363 e. The first kappa shape index (κ1) is 15.3. The van der Waals surface area contributed by atoms with E-state index in [0.717, 1.165) is 25.7 Å². The molecule has 2 aromatic rings. The summed E-state index contributed by atoms with van der Waals surface area (Å²) in [6.45, 7) is 0. The van der Waals surface area contributed by atoms with Crippen molar-refractivity contribution in [1.82, 2.24) is 14.7 Å². The first-order valence-electron chi connectivity index (χ1n) is 8.43.